The van der Waals surface area contributed by atoms with Gasteiger partial charge in [-0.15, -0.1) is 0 Å². The van der Waals surface area contributed by atoms with Crippen molar-refractivity contribution in [2.45, 2.75) is 24.8 Å². The van der Waals surface area contributed by atoms with E-state index < -0.39 is 11.5 Å². The van der Waals surface area contributed by atoms with Gasteiger partial charge < -0.3 is 15.8 Å². The molecule has 0 bridgehead atoms. The normalized spacial score (nSPS) is 18.7. The van der Waals surface area contributed by atoms with Crippen LogP contribution in [0.1, 0.15) is 29.3 Å². The fourth-order valence-corrected chi connectivity index (χ4v) is 5.14. The van der Waals surface area contributed by atoms with E-state index in [0.717, 1.165) is 22.8 Å². The highest BCUT2D eigenvalue weighted by Gasteiger charge is 2.47. The van der Waals surface area contributed by atoms with Crippen LogP contribution in [0.4, 0.5) is 16.0 Å². The van der Waals surface area contributed by atoms with Gasteiger partial charge in [0.2, 0.25) is 0 Å². The van der Waals surface area contributed by atoms with Gasteiger partial charge in [0.05, 0.1) is 22.7 Å². The summed E-state index contributed by atoms with van der Waals surface area (Å²) in [6, 6.07) is 23.5. The lowest BCUT2D eigenvalue weighted by molar-refractivity contribution is -0.109. The Labute approximate surface area is 206 Å². The molecule has 3 heterocycles. The van der Waals surface area contributed by atoms with Crippen LogP contribution < -0.4 is 11.1 Å². The lowest BCUT2D eigenvalue weighted by atomic mass is 9.73. The zero-order chi connectivity index (χ0) is 24.9. The SMILES string of the molecule is CC1(c2ccccc2)c2c(N)nc(-n3nc(Cc4ccccc4F)c4ccccc43)nc2NC1C=O. The predicted octanol–water partition coefficient (Wildman–Crippen LogP) is 4.43. The molecule has 5 aromatic rings. The van der Waals surface area contributed by atoms with Crippen molar-refractivity contribution in [1.29, 1.82) is 0 Å². The first kappa shape index (κ1) is 21.9. The molecule has 2 aromatic heterocycles. The topological polar surface area (TPSA) is 98.7 Å². The van der Waals surface area contributed by atoms with Crippen LogP contribution in [0.3, 0.4) is 0 Å². The third-order valence-corrected chi connectivity index (χ3v) is 7.04. The number of aromatic nitrogens is 4. The highest BCUT2D eigenvalue weighted by atomic mass is 19.1. The second-order valence-electron chi connectivity index (χ2n) is 9.10. The van der Waals surface area contributed by atoms with Crippen molar-refractivity contribution < 1.29 is 9.18 Å². The molecule has 0 saturated heterocycles. The van der Waals surface area contributed by atoms with Crippen molar-refractivity contribution in [3.05, 3.63) is 107 Å². The van der Waals surface area contributed by atoms with E-state index in [4.69, 9.17) is 15.8 Å². The Hall–Kier alpha value is -4.59. The van der Waals surface area contributed by atoms with Crippen molar-refractivity contribution in [2.75, 3.05) is 11.1 Å². The zero-order valence-electron chi connectivity index (χ0n) is 19.5. The number of halogens is 1. The van der Waals surface area contributed by atoms with E-state index >= 15 is 0 Å². The highest BCUT2D eigenvalue weighted by Crippen LogP contribution is 2.46. The van der Waals surface area contributed by atoms with E-state index in [1.165, 1.54) is 6.07 Å². The van der Waals surface area contributed by atoms with Gasteiger partial charge in [0.15, 0.2) is 0 Å². The molecule has 0 radical (unpaired) electrons. The van der Waals surface area contributed by atoms with Crippen LogP contribution in [0.15, 0.2) is 78.9 Å². The Balaban J connectivity index is 1.50. The number of anilines is 2. The molecule has 3 aromatic carbocycles. The lowest BCUT2D eigenvalue weighted by Crippen LogP contribution is -2.38. The number of nitrogens with zero attached hydrogens (tertiary/aromatic N) is 4. The number of carbonyl (C=O) groups excluding carboxylic acids is 1. The van der Waals surface area contributed by atoms with Gasteiger partial charge in [-0.05, 0) is 30.2 Å². The number of nitrogens with two attached hydrogens (primary N) is 1. The van der Waals surface area contributed by atoms with Gasteiger partial charge in [0.1, 0.15) is 23.7 Å². The minimum atomic E-state index is -0.733. The third kappa shape index (κ3) is 3.25. The number of nitrogen functional groups attached to an aromatic ring is 1. The number of hydrogen-bond acceptors (Lipinski definition) is 6. The summed E-state index contributed by atoms with van der Waals surface area (Å²) in [5.41, 5.74) is 9.45. The first-order chi connectivity index (χ1) is 17.5. The maximum Gasteiger partial charge on any atom is 0.255 e. The van der Waals surface area contributed by atoms with Crippen LogP contribution in [-0.2, 0) is 16.6 Å². The van der Waals surface area contributed by atoms with Crippen LogP contribution in [0.5, 0.6) is 0 Å². The molecule has 0 spiro atoms. The van der Waals surface area contributed by atoms with Crippen LogP contribution >= 0.6 is 0 Å². The molecule has 6 rings (SSSR count). The number of fused-ring (bicyclic) bond motifs is 2. The highest BCUT2D eigenvalue weighted by molar-refractivity contribution is 5.84. The molecule has 0 saturated carbocycles. The fraction of sp³-hybridized carbons (Fsp3) is 0.143. The molecule has 36 heavy (non-hydrogen) atoms. The van der Waals surface area contributed by atoms with E-state index in [1.807, 2.05) is 61.5 Å². The Bertz CT molecular complexity index is 1620. The maximum atomic E-state index is 14.4. The molecule has 0 fully saturated rings. The Morgan fingerprint density at radius 3 is 2.53 bits per heavy atom. The van der Waals surface area contributed by atoms with E-state index in [0.29, 0.717) is 29.1 Å². The molecule has 2 atom stereocenters. The Kier molecular flexibility index (Phi) is 5.03. The second-order valence-corrected chi connectivity index (χ2v) is 9.10. The summed E-state index contributed by atoms with van der Waals surface area (Å²) in [6.45, 7) is 1.97. The molecule has 1 aliphatic heterocycles. The van der Waals surface area contributed by atoms with Crippen molar-refractivity contribution >= 4 is 28.8 Å². The summed E-state index contributed by atoms with van der Waals surface area (Å²) in [4.78, 5) is 21.5. The third-order valence-electron chi connectivity index (χ3n) is 7.04. The zero-order valence-corrected chi connectivity index (χ0v) is 19.5. The van der Waals surface area contributed by atoms with Gasteiger partial charge in [-0.25, -0.2) is 4.39 Å². The van der Waals surface area contributed by atoms with Crippen molar-refractivity contribution in [3.8, 4) is 5.95 Å². The number of rotatable bonds is 5. The average Bonchev–Trinajstić information content (AvgIpc) is 3.42. The smallest absolute Gasteiger partial charge is 0.255 e. The van der Waals surface area contributed by atoms with E-state index in [1.54, 1.807) is 22.9 Å². The first-order valence-electron chi connectivity index (χ1n) is 11.7. The number of benzene rings is 3. The standard InChI is InChI=1S/C28H23FN6O/c1-28(18-10-3-2-4-11-18)23(16-36)31-26-24(28)25(30)32-27(33-26)35-22-14-8-6-12-19(22)21(34-35)15-17-9-5-7-13-20(17)29/h2-14,16,23H,15H2,1H3,(H3,30,31,32,33). The number of nitrogens with one attached hydrogen (secondary N) is 1. The van der Waals surface area contributed by atoms with Crippen molar-refractivity contribution in [2.24, 2.45) is 0 Å². The van der Waals surface area contributed by atoms with Crippen molar-refractivity contribution in [1.82, 2.24) is 19.7 Å². The summed E-state index contributed by atoms with van der Waals surface area (Å²) in [5.74, 6) is 0.764. The number of para-hydroxylation sites is 1. The molecule has 0 aliphatic carbocycles. The monoisotopic (exact) mass is 478 g/mol. The maximum absolute atomic E-state index is 14.4. The summed E-state index contributed by atoms with van der Waals surface area (Å²) in [7, 11) is 0. The summed E-state index contributed by atoms with van der Waals surface area (Å²) < 4.78 is 16.0. The van der Waals surface area contributed by atoms with Crippen LogP contribution in [-0.4, -0.2) is 32.1 Å². The second kappa shape index (κ2) is 8.27. The predicted molar refractivity (Wildman–Crippen MR) is 137 cm³/mol. The minimum Gasteiger partial charge on any atom is -0.383 e. The molecule has 178 valence electrons. The first-order valence-corrected chi connectivity index (χ1v) is 11.7. The summed E-state index contributed by atoms with van der Waals surface area (Å²) >= 11 is 0. The molecule has 8 heteroatoms. The fourth-order valence-electron chi connectivity index (χ4n) is 5.14. The summed E-state index contributed by atoms with van der Waals surface area (Å²) in [5, 5.41) is 8.88. The van der Waals surface area contributed by atoms with Gasteiger partial charge >= 0.3 is 0 Å². The van der Waals surface area contributed by atoms with E-state index in [-0.39, 0.29) is 17.6 Å². The molecule has 1 aliphatic rings. The van der Waals surface area contributed by atoms with Crippen LogP contribution in [0, 0.1) is 5.82 Å². The average molecular weight is 479 g/mol. The Morgan fingerprint density at radius 2 is 1.75 bits per heavy atom. The Morgan fingerprint density at radius 1 is 1.03 bits per heavy atom. The van der Waals surface area contributed by atoms with E-state index in [2.05, 4.69) is 10.3 Å². The number of hydrogen-bond donors (Lipinski definition) is 2. The lowest BCUT2D eigenvalue weighted by Gasteiger charge is -2.29. The largest absolute Gasteiger partial charge is 0.383 e. The van der Waals surface area contributed by atoms with Gasteiger partial charge in [-0.3, -0.25) is 0 Å². The van der Waals surface area contributed by atoms with E-state index in [9.17, 15) is 9.18 Å². The van der Waals surface area contributed by atoms with Gasteiger partial charge in [-0.2, -0.15) is 19.7 Å². The van der Waals surface area contributed by atoms with Gasteiger partial charge in [0.25, 0.3) is 5.95 Å². The van der Waals surface area contributed by atoms with Crippen LogP contribution in [0.25, 0.3) is 16.9 Å². The minimum absolute atomic E-state index is 0.272. The van der Waals surface area contributed by atoms with Crippen molar-refractivity contribution in [3.63, 3.8) is 0 Å². The number of carbonyl (C=O) groups is 1. The quantitative estimate of drug-likeness (QED) is 0.363. The van der Waals surface area contributed by atoms with Gasteiger partial charge in [0, 0.05) is 17.4 Å². The molecule has 2 unspecified atom stereocenters. The number of aldehydes is 1. The molecule has 3 N–H and O–H groups in total. The molecular weight excluding hydrogens is 455 g/mol. The molecule has 7 nitrogen and oxygen atoms in total. The summed E-state index contributed by atoms with van der Waals surface area (Å²) in [6.07, 6.45) is 1.20. The molecule has 0 amide bonds. The van der Waals surface area contributed by atoms with Crippen LogP contribution in [0.2, 0.25) is 0 Å². The molecular formula is C28H23FN6O. The van der Waals surface area contributed by atoms with Gasteiger partial charge in [-0.1, -0.05) is 66.7 Å².